The van der Waals surface area contributed by atoms with Gasteiger partial charge in [-0.3, -0.25) is 14.6 Å². The molecule has 7 nitrogen and oxygen atoms in total. The number of carbonyl (C=O) groups is 3. The molecule has 2 unspecified atom stereocenters. The Morgan fingerprint density at radius 1 is 1.21 bits per heavy atom. The second kappa shape index (κ2) is 14.0. The van der Waals surface area contributed by atoms with Crippen LogP contribution in [0.4, 0.5) is 4.39 Å². The van der Waals surface area contributed by atoms with Crippen LogP contribution in [0.2, 0.25) is 0 Å². The smallest absolute Gasteiger partial charge is 0.339 e. The highest BCUT2D eigenvalue weighted by Gasteiger charge is 2.47. The number of nitrogens with zero attached hydrogens (tertiary/aromatic N) is 1. The number of esters is 2. The van der Waals surface area contributed by atoms with Gasteiger partial charge in [-0.05, 0) is 74.3 Å². The van der Waals surface area contributed by atoms with Crippen LogP contribution in [0.1, 0.15) is 95.8 Å². The van der Waals surface area contributed by atoms with Crippen molar-refractivity contribution in [3.63, 3.8) is 0 Å². The molecule has 38 heavy (non-hydrogen) atoms. The number of alkyl halides is 1. The summed E-state index contributed by atoms with van der Waals surface area (Å²) in [6.07, 6.45) is 5.63. The lowest BCUT2D eigenvalue weighted by molar-refractivity contribution is -0.167. The van der Waals surface area contributed by atoms with E-state index in [4.69, 9.17) is 14.6 Å². The van der Waals surface area contributed by atoms with Crippen molar-refractivity contribution < 1.29 is 33.4 Å². The van der Waals surface area contributed by atoms with Crippen LogP contribution < -0.4 is 0 Å². The van der Waals surface area contributed by atoms with Crippen LogP contribution in [0.25, 0.3) is 0 Å². The summed E-state index contributed by atoms with van der Waals surface area (Å²) in [7, 11) is 0. The average molecular weight is 534 g/mol. The number of pyridine rings is 1. The van der Waals surface area contributed by atoms with E-state index in [9.17, 15) is 18.8 Å². The number of fused-ring (bicyclic) bond motifs is 1. The number of ether oxygens (including phenoxy) is 2. The molecule has 2 saturated carbocycles. The van der Waals surface area contributed by atoms with Gasteiger partial charge in [-0.1, -0.05) is 34.1 Å². The van der Waals surface area contributed by atoms with Crippen LogP contribution in [-0.2, 0) is 19.1 Å². The molecule has 3 rings (SSSR count). The van der Waals surface area contributed by atoms with E-state index in [-0.39, 0.29) is 41.8 Å². The van der Waals surface area contributed by atoms with Crippen LogP contribution in [0.5, 0.6) is 0 Å². The highest BCUT2D eigenvalue weighted by atomic mass is 19.1. The minimum Gasteiger partial charge on any atom is -0.481 e. The molecule has 2 aliphatic carbocycles. The van der Waals surface area contributed by atoms with Crippen molar-refractivity contribution in [2.24, 2.45) is 35.5 Å². The van der Waals surface area contributed by atoms with E-state index < -0.39 is 30.6 Å². The van der Waals surface area contributed by atoms with Gasteiger partial charge < -0.3 is 14.6 Å². The molecule has 9 atom stereocenters. The first kappa shape index (κ1) is 30.0. The maximum absolute atomic E-state index is 14.6. The first-order valence-electron chi connectivity index (χ1n) is 14.3. The second-order valence-electron chi connectivity index (χ2n) is 11.7. The van der Waals surface area contributed by atoms with Crippen LogP contribution in [0.3, 0.4) is 0 Å². The molecule has 1 heterocycles. The summed E-state index contributed by atoms with van der Waals surface area (Å²) in [6, 6.07) is 3.21. The number of halogens is 1. The topological polar surface area (TPSA) is 103 Å². The van der Waals surface area contributed by atoms with Gasteiger partial charge in [-0.2, -0.15) is 0 Å². The predicted molar refractivity (Wildman–Crippen MR) is 141 cm³/mol. The zero-order chi connectivity index (χ0) is 27.8. The quantitative estimate of drug-likeness (QED) is 0.317. The van der Waals surface area contributed by atoms with Crippen LogP contribution in [-0.4, -0.2) is 46.4 Å². The Bertz CT molecular complexity index is 927. The van der Waals surface area contributed by atoms with Gasteiger partial charge in [0.2, 0.25) is 0 Å². The molecule has 2 aliphatic rings. The van der Waals surface area contributed by atoms with Crippen LogP contribution >= 0.6 is 0 Å². The molecular weight excluding hydrogens is 489 g/mol. The Hall–Kier alpha value is -2.51. The molecule has 1 aromatic heterocycles. The predicted octanol–water partition coefficient (Wildman–Crippen LogP) is 6.26. The van der Waals surface area contributed by atoms with E-state index in [0.717, 1.165) is 32.1 Å². The maximum Gasteiger partial charge on any atom is 0.339 e. The number of hydrogen-bond donors (Lipinski definition) is 1. The fraction of sp³-hybridized carbons (Fsp3) is 0.733. The Morgan fingerprint density at radius 3 is 2.63 bits per heavy atom. The first-order chi connectivity index (χ1) is 18.1. The van der Waals surface area contributed by atoms with E-state index in [1.54, 1.807) is 18.3 Å². The van der Waals surface area contributed by atoms with Crippen molar-refractivity contribution in [1.29, 1.82) is 0 Å². The summed E-state index contributed by atoms with van der Waals surface area (Å²) in [5.74, 6) is -0.289. The molecule has 0 amide bonds. The lowest BCUT2D eigenvalue weighted by Gasteiger charge is -2.50. The SMILES string of the molecule is CC[C@H](C)C(=O)O[C@H]1C[C@@H](C)CC2CC[C@H](C)[C@H](CC[C@H](C[C@H](F)CC(=O)O)OC(=O)c3cccnc3)C21. The number of carbonyl (C=O) groups excluding carboxylic acids is 2. The van der Waals surface area contributed by atoms with E-state index in [0.29, 0.717) is 30.6 Å². The molecule has 0 saturated heterocycles. The largest absolute Gasteiger partial charge is 0.481 e. The Morgan fingerprint density at radius 2 is 1.97 bits per heavy atom. The van der Waals surface area contributed by atoms with E-state index >= 15 is 0 Å². The van der Waals surface area contributed by atoms with Crippen molar-refractivity contribution in [3.05, 3.63) is 30.1 Å². The number of rotatable bonds is 12. The molecule has 0 spiro atoms. The number of carboxylic acids is 1. The molecule has 1 aromatic rings. The number of hydrogen-bond acceptors (Lipinski definition) is 6. The Labute approximate surface area is 225 Å². The van der Waals surface area contributed by atoms with E-state index in [2.05, 4.69) is 18.8 Å². The monoisotopic (exact) mass is 533 g/mol. The summed E-state index contributed by atoms with van der Waals surface area (Å²) < 4.78 is 26.4. The maximum atomic E-state index is 14.6. The minimum atomic E-state index is -1.62. The summed E-state index contributed by atoms with van der Waals surface area (Å²) in [5.41, 5.74) is 0.274. The summed E-state index contributed by atoms with van der Waals surface area (Å²) in [4.78, 5) is 40.5. The number of aromatic nitrogens is 1. The fourth-order valence-corrected chi connectivity index (χ4v) is 6.53. The number of carboxylic acid groups (broad SMARTS) is 1. The van der Waals surface area contributed by atoms with Crippen molar-refractivity contribution in [2.45, 2.75) is 104 Å². The van der Waals surface area contributed by atoms with Crippen molar-refractivity contribution >= 4 is 17.9 Å². The second-order valence-corrected chi connectivity index (χ2v) is 11.7. The van der Waals surface area contributed by atoms with Gasteiger partial charge >= 0.3 is 17.9 Å². The van der Waals surface area contributed by atoms with Crippen molar-refractivity contribution in [2.75, 3.05) is 0 Å². The third-order valence-corrected chi connectivity index (χ3v) is 8.72. The van der Waals surface area contributed by atoms with Crippen LogP contribution in [0.15, 0.2) is 24.5 Å². The average Bonchev–Trinajstić information content (AvgIpc) is 2.87. The lowest BCUT2D eigenvalue weighted by Crippen LogP contribution is -2.47. The lowest BCUT2D eigenvalue weighted by atomic mass is 9.58. The van der Waals surface area contributed by atoms with Gasteiger partial charge in [0.05, 0.1) is 17.9 Å². The van der Waals surface area contributed by atoms with Gasteiger partial charge in [0.1, 0.15) is 18.4 Å². The molecule has 0 radical (unpaired) electrons. The molecule has 0 aliphatic heterocycles. The fourth-order valence-electron chi connectivity index (χ4n) is 6.53. The van der Waals surface area contributed by atoms with Gasteiger partial charge in [-0.15, -0.1) is 0 Å². The Kier molecular flexibility index (Phi) is 11.1. The van der Waals surface area contributed by atoms with Crippen LogP contribution in [0, 0.1) is 35.5 Å². The molecule has 212 valence electrons. The zero-order valence-corrected chi connectivity index (χ0v) is 23.2. The number of aliphatic carboxylic acids is 1. The third kappa shape index (κ3) is 8.24. The third-order valence-electron chi connectivity index (χ3n) is 8.72. The van der Waals surface area contributed by atoms with E-state index in [1.165, 1.54) is 6.20 Å². The van der Waals surface area contributed by atoms with Crippen molar-refractivity contribution in [1.82, 2.24) is 4.98 Å². The molecule has 2 fully saturated rings. The minimum absolute atomic E-state index is 0.139. The summed E-state index contributed by atoms with van der Waals surface area (Å²) in [6.45, 7) is 8.34. The highest BCUT2D eigenvalue weighted by Crippen LogP contribution is 2.50. The molecule has 0 aromatic carbocycles. The van der Waals surface area contributed by atoms with Gasteiger partial charge in [0.15, 0.2) is 0 Å². The molecule has 0 bridgehead atoms. The molecular formula is C30H44FNO6. The Balaban J connectivity index is 1.76. The molecule has 8 heteroatoms. The van der Waals surface area contributed by atoms with Crippen molar-refractivity contribution in [3.8, 4) is 0 Å². The van der Waals surface area contributed by atoms with Gasteiger partial charge in [-0.25, -0.2) is 9.18 Å². The normalized spacial score (nSPS) is 29.4. The van der Waals surface area contributed by atoms with Gasteiger partial charge in [0.25, 0.3) is 0 Å². The molecule has 1 N–H and O–H groups in total. The first-order valence-corrected chi connectivity index (χ1v) is 14.3. The van der Waals surface area contributed by atoms with E-state index in [1.807, 2.05) is 13.8 Å². The standard InChI is InChI=1S/C30H44FNO6/c1-5-19(3)29(35)38-26-14-18(2)13-21-9-8-20(4)25(28(21)26)11-10-24(15-23(31)16-27(33)34)37-30(36)22-7-6-12-32-17-22/h6-7,12,17-21,23-26,28H,5,8-11,13-16H2,1-4H3,(H,33,34)/t18-,19-,20-,21?,23-,24+,25-,26-,28?/m0/s1. The zero-order valence-electron chi connectivity index (χ0n) is 23.2. The highest BCUT2D eigenvalue weighted by molar-refractivity contribution is 5.89. The summed E-state index contributed by atoms with van der Waals surface area (Å²) in [5, 5.41) is 9.04. The van der Waals surface area contributed by atoms with Gasteiger partial charge in [0, 0.05) is 24.7 Å². The summed E-state index contributed by atoms with van der Waals surface area (Å²) >= 11 is 0.